The number of likely N-dealkylation sites (N-methyl/N-ethyl adjacent to an activating group) is 1. The molecule has 0 aliphatic rings. The first kappa shape index (κ1) is 17.7. The molecule has 25 heavy (non-hydrogen) atoms. The number of carbonyl (C=O) groups is 1. The number of nitrogens with zero attached hydrogens (tertiary/aromatic N) is 5. The predicted molar refractivity (Wildman–Crippen MR) is 96.4 cm³/mol. The molecule has 0 saturated heterocycles. The van der Waals surface area contributed by atoms with Crippen LogP contribution < -0.4 is 5.69 Å². The van der Waals surface area contributed by atoms with Gasteiger partial charge in [0.1, 0.15) is 11.5 Å². The van der Waals surface area contributed by atoms with Crippen LogP contribution >= 0.6 is 34.5 Å². The van der Waals surface area contributed by atoms with Crippen LogP contribution in [0.5, 0.6) is 0 Å². The van der Waals surface area contributed by atoms with Crippen LogP contribution in [0, 0.1) is 0 Å². The third-order valence-corrected chi connectivity index (χ3v) is 5.05. The molecule has 0 bridgehead atoms. The Bertz CT molecular complexity index is 951. The SMILES string of the molecule is CN(Cc1ccc(Cl)c(Cl)c1)C(=O)Cn1nnn(-c2cccs2)c1=O. The van der Waals surface area contributed by atoms with Crippen molar-refractivity contribution in [3.63, 3.8) is 0 Å². The van der Waals surface area contributed by atoms with E-state index in [0.717, 1.165) is 14.9 Å². The summed E-state index contributed by atoms with van der Waals surface area (Å²) in [5.41, 5.74) is 0.374. The second kappa shape index (κ2) is 7.38. The molecule has 0 spiro atoms. The zero-order chi connectivity index (χ0) is 18.0. The number of benzene rings is 1. The minimum absolute atomic E-state index is 0.192. The van der Waals surface area contributed by atoms with Gasteiger partial charge in [-0.05, 0) is 45.6 Å². The Morgan fingerprint density at radius 3 is 2.72 bits per heavy atom. The number of aromatic nitrogens is 4. The maximum absolute atomic E-state index is 12.3. The summed E-state index contributed by atoms with van der Waals surface area (Å²) >= 11 is 13.2. The van der Waals surface area contributed by atoms with Gasteiger partial charge in [-0.3, -0.25) is 4.79 Å². The van der Waals surface area contributed by atoms with Crippen LogP contribution in [0.1, 0.15) is 5.56 Å². The van der Waals surface area contributed by atoms with E-state index in [9.17, 15) is 9.59 Å². The first-order chi connectivity index (χ1) is 12.0. The summed E-state index contributed by atoms with van der Waals surface area (Å²) in [5.74, 6) is -0.272. The molecule has 0 atom stereocenters. The molecule has 2 aromatic heterocycles. The largest absolute Gasteiger partial charge is 0.369 e. The van der Waals surface area contributed by atoms with Gasteiger partial charge in [-0.15, -0.1) is 11.3 Å². The first-order valence-electron chi connectivity index (χ1n) is 7.20. The Hall–Kier alpha value is -2.16. The second-order valence-electron chi connectivity index (χ2n) is 5.28. The summed E-state index contributed by atoms with van der Waals surface area (Å²) in [5, 5.41) is 10.9. The average molecular weight is 398 g/mol. The van der Waals surface area contributed by atoms with E-state index >= 15 is 0 Å². The Kier molecular flexibility index (Phi) is 5.22. The van der Waals surface area contributed by atoms with E-state index < -0.39 is 5.69 Å². The minimum Gasteiger partial charge on any atom is -0.340 e. The fraction of sp³-hybridized carbons (Fsp3) is 0.200. The third-order valence-electron chi connectivity index (χ3n) is 3.47. The summed E-state index contributed by atoms with van der Waals surface area (Å²) < 4.78 is 2.20. The monoisotopic (exact) mass is 397 g/mol. The fourth-order valence-electron chi connectivity index (χ4n) is 2.15. The molecular formula is C15H13Cl2N5O2S. The van der Waals surface area contributed by atoms with E-state index in [2.05, 4.69) is 10.4 Å². The van der Waals surface area contributed by atoms with Gasteiger partial charge in [-0.1, -0.05) is 29.3 Å². The van der Waals surface area contributed by atoms with Gasteiger partial charge >= 0.3 is 5.69 Å². The van der Waals surface area contributed by atoms with Crippen LogP contribution in [0.2, 0.25) is 10.0 Å². The van der Waals surface area contributed by atoms with E-state index in [4.69, 9.17) is 23.2 Å². The van der Waals surface area contributed by atoms with Crippen molar-refractivity contribution in [2.45, 2.75) is 13.1 Å². The number of hydrogen-bond acceptors (Lipinski definition) is 5. The second-order valence-corrected chi connectivity index (χ2v) is 7.02. The van der Waals surface area contributed by atoms with E-state index in [0.29, 0.717) is 21.6 Å². The van der Waals surface area contributed by atoms with Crippen LogP contribution in [0.4, 0.5) is 0 Å². The molecule has 0 aliphatic carbocycles. The highest BCUT2D eigenvalue weighted by molar-refractivity contribution is 7.12. The predicted octanol–water partition coefficient (Wildman–Crippen LogP) is 2.46. The zero-order valence-electron chi connectivity index (χ0n) is 13.1. The van der Waals surface area contributed by atoms with E-state index in [1.54, 1.807) is 31.3 Å². The van der Waals surface area contributed by atoms with Crippen molar-refractivity contribution >= 4 is 40.4 Å². The van der Waals surface area contributed by atoms with Gasteiger partial charge in [0.25, 0.3) is 0 Å². The molecule has 0 aliphatic heterocycles. The summed E-state index contributed by atoms with van der Waals surface area (Å²) in [6.07, 6.45) is 0. The zero-order valence-corrected chi connectivity index (χ0v) is 15.4. The van der Waals surface area contributed by atoms with Crippen LogP contribution in [0.15, 0.2) is 40.5 Å². The van der Waals surface area contributed by atoms with Gasteiger partial charge in [-0.25, -0.2) is 4.79 Å². The average Bonchev–Trinajstić information content (AvgIpc) is 3.21. The van der Waals surface area contributed by atoms with E-state index in [1.165, 1.54) is 16.2 Å². The summed E-state index contributed by atoms with van der Waals surface area (Å²) in [7, 11) is 1.64. The highest BCUT2D eigenvalue weighted by Gasteiger charge is 2.16. The van der Waals surface area contributed by atoms with Crippen LogP contribution in [0.3, 0.4) is 0 Å². The lowest BCUT2D eigenvalue weighted by Crippen LogP contribution is -2.34. The standard InChI is InChI=1S/C15H13Cl2N5O2S/c1-20(8-10-4-5-11(16)12(17)7-10)13(23)9-21-15(24)22(19-18-21)14-3-2-6-25-14/h2-7H,8-9H2,1H3. The number of halogens is 2. The molecular weight excluding hydrogens is 385 g/mol. The molecule has 130 valence electrons. The molecule has 0 radical (unpaired) electrons. The van der Waals surface area contributed by atoms with Crippen molar-refractivity contribution in [3.8, 4) is 5.00 Å². The Labute approximate surface area is 157 Å². The molecule has 3 aromatic rings. The quantitative estimate of drug-likeness (QED) is 0.662. The Balaban J connectivity index is 1.69. The number of tetrazole rings is 1. The molecule has 1 amide bonds. The topological polar surface area (TPSA) is 73.0 Å². The Morgan fingerprint density at radius 2 is 2.04 bits per heavy atom. The molecule has 3 rings (SSSR count). The van der Waals surface area contributed by atoms with Crippen molar-refractivity contribution in [2.75, 3.05) is 7.05 Å². The molecule has 2 heterocycles. The van der Waals surface area contributed by atoms with Gasteiger partial charge in [0, 0.05) is 13.6 Å². The smallest absolute Gasteiger partial charge is 0.340 e. The number of thiophene rings is 1. The van der Waals surface area contributed by atoms with Crippen LogP contribution in [0.25, 0.3) is 5.00 Å². The van der Waals surface area contributed by atoms with Gasteiger partial charge < -0.3 is 4.90 Å². The van der Waals surface area contributed by atoms with E-state index in [1.807, 2.05) is 11.4 Å². The maximum Gasteiger partial charge on any atom is 0.369 e. The van der Waals surface area contributed by atoms with E-state index in [-0.39, 0.29) is 12.5 Å². The highest BCUT2D eigenvalue weighted by Crippen LogP contribution is 2.23. The summed E-state index contributed by atoms with van der Waals surface area (Å²) in [4.78, 5) is 26.1. The lowest BCUT2D eigenvalue weighted by molar-refractivity contribution is -0.131. The lowest BCUT2D eigenvalue weighted by Gasteiger charge is -2.17. The Morgan fingerprint density at radius 1 is 1.24 bits per heavy atom. The highest BCUT2D eigenvalue weighted by atomic mass is 35.5. The molecule has 1 aromatic carbocycles. The number of amides is 1. The van der Waals surface area contributed by atoms with Gasteiger partial charge in [0.15, 0.2) is 0 Å². The molecule has 10 heteroatoms. The molecule has 0 saturated carbocycles. The van der Waals surface area contributed by atoms with Crippen LogP contribution in [-0.2, 0) is 17.9 Å². The number of hydrogen-bond donors (Lipinski definition) is 0. The summed E-state index contributed by atoms with van der Waals surface area (Å²) in [6, 6.07) is 8.73. The lowest BCUT2D eigenvalue weighted by atomic mass is 10.2. The minimum atomic E-state index is -0.460. The first-order valence-corrected chi connectivity index (χ1v) is 8.84. The molecule has 0 fully saturated rings. The molecule has 0 unspecified atom stereocenters. The van der Waals surface area contributed by atoms with Crippen molar-refractivity contribution in [2.24, 2.45) is 0 Å². The van der Waals surface area contributed by atoms with Gasteiger partial charge in [-0.2, -0.15) is 9.36 Å². The normalized spacial score (nSPS) is 10.8. The van der Waals surface area contributed by atoms with Gasteiger partial charge in [0.05, 0.1) is 10.0 Å². The van der Waals surface area contributed by atoms with Crippen LogP contribution in [-0.4, -0.2) is 37.6 Å². The fourth-order valence-corrected chi connectivity index (χ4v) is 3.14. The van der Waals surface area contributed by atoms with Crippen molar-refractivity contribution in [3.05, 3.63) is 61.8 Å². The van der Waals surface area contributed by atoms with Crippen molar-refractivity contribution in [1.82, 2.24) is 24.7 Å². The molecule has 0 N–H and O–H groups in total. The number of rotatable bonds is 5. The van der Waals surface area contributed by atoms with Gasteiger partial charge in [0.2, 0.25) is 5.91 Å². The maximum atomic E-state index is 12.3. The third kappa shape index (κ3) is 3.92. The van der Waals surface area contributed by atoms with Crippen molar-refractivity contribution in [1.29, 1.82) is 0 Å². The number of carbonyl (C=O) groups excluding carboxylic acids is 1. The van der Waals surface area contributed by atoms with Crippen molar-refractivity contribution < 1.29 is 4.79 Å². The molecule has 7 nitrogen and oxygen atoms in total. The summed E-state index contributed by atoms with van der Waals surface area (Å²) in [6.45, 7) is 0.144.